The Labute approximate surface area is 131 Å². The number of aromatic carboxylic acids is 1. The smallest absolute Gasteiger partial charge is 0.335 e. The number of nitrogens with zero attached hydrogens (tertiary/aromatic N) is 1. The van der Waals surface area contributed by atoms with Crippen molar-refractivity contribution in [2.75, 3.05) is 11.4 Å². The van der Waals surface area contributed by atoms with Gasteiger partial charge in [-0.15, -0.1) is 0 Å². The number of anilines is 1. The van der Waals surface area contributed by atoms with Crippen molar-refractivity contribution in [2.24, 2.45) is 0 Å². The van der Waals surface area contributed by atoms with E-state index >= 15 is 0 Å². The number of rotatable bonds is 5. The summed E-state index contributed by atoms with van der Waals surface area (Å²) in [4.78, 5) is 10.8. The second-order valence-electron chi connectivity index (χ2n) is 4.82. The zero-order valence-corrected chi connectivity index (χ0v) is 12.8. The van der Waals surface area contributed by atoms with E-state index in [1.165, 1.54) is 24.3 Å². The van der Waals surface area contributed by atoms with E-state index in [4.69, 9.17) is 5.11 Å². The summed E-state index contributed by atoms with van der Waals surface area (Å²) in [5, 5.41) is 8.80. The van der Waals surface area contributed by atoms with Crippen LogP contribution < -0.4 is 4.31 Å². The summed E-state index contributed by atoms with van der Waals surface area (Å²) in [5.41, 5.74) is -0.0403. The van der Waals surface area contributed by atoms with Gasteiger partial charge in [0.2, 0.25) is 10.0 Å². The highest BCUT2D eigenvalue weighted by molar-refractivity contribution is 7.92. The molecule has 1 N–H and O–H groups in total. The second kappa shape index (κ2) is 6.33. The Morgan fingerprint density at radius 3 is 2.30 bits per heavy atom. The quantitative estimate of drug-likeness (QED) is 0.907. The van der Waals surface area contributed by atoms with E-state index in [1.807, 2.05) is 0 Å². The van der Waals surface area contributed by atoms with Crippen LogP contribution in [-0.4, -0.2) is 26.5 Å². The Morgan fingerprint density at radius 1 is 1.13 bits per heavy atom. The molecular formula is C15H13F2NO4S. The van der Waals surface area contributed by atoms with Crippen molar-refractivity contribution in [3.05, 3.63) is 65.2 Å². The third-order valence-electron chi connectivity index (χ3n) is 3.21. The van der Waals surface area contributed by atoms with Gasteiger partial charge in [-0.3, -0.25) is 4.31 Å². The van der Waals surface area contributed by atoms with Gasteiger partial charge in [-0.1, -0.05) is 12.1 Å². The Bertz CT molecular complexity index is 835. The molecule has 0 radical (unpaired) electrons. The van der Waals surface area contributed by atoms with Crippen LogP contribution in [0.4, 0.5) is 14.5 Å². The molecule has 5 nitrogen and oxygen atoms in total. The van der Waals surface area contributed by atoms with E-state index in [9.17, 15) is 22.0 Å². The van der Waals surface area contributed by atoms with Crippen LogP contribution in [0.3, 0.4) is 0 Å². The molecule has 0 saturated carbocycles. The topological polar surface area (TPSA) is 74.7 Å². The van der Waals surface area contributed by atoms with E-state index in [0.717, 1.165) is 25.2 Å². The maximum Gasteiger partial charge on any atom is 0.335 e. The second-order valence-corrected chi connectivity index (χ2v) is 6.82. The Hall–Kier alpha value is -2.48. The van der Waals surface area contributed by atoms with Crippen LogP contribution in [0.5, 0.6) is 0 Å². The standard InChI is InChI=1S/C15H13F2NO4S/c1-18(14-8-12(16)6-7-13(14)17)23(21,22)9-10-2-4-11(5-3-10)15(19)20/h2-8H,9H2,1H3,(H,19,20). The minimum atomic E-state index is -3.96. The molecule has 0 saturated heterocycles. The van der Waals surface area contributed by atoms with Gasteiger partial charge in [-0.25, -0.2) is 22.0 Å². The predicted molar refractivity (Wildman–Crippen MR) is 80.8 cm³/mol. The lowest BCUT2D eigenvalue weighted by Gasteiger charge is -2.20. The highest BCUT2D eigenvalue weighted by atomic mass is 32.2. The number of carboxylic acid groups (broad SMARTS) is 1. The molecule has 8 heteroatoms. The predicted octanol–water partition coefficient (Wildman–Crippen LogP) is 2.63. The molecule has 0 bridgehead atoms. The van der Waals surface area contributed by atoms with Gasteiger partial charge >= 0.3 is 5.97 Å². The summed E-state index contributed by atoms with van der Waals surface area (Å²) in [6.07, 6.45) is 0. The molecule has 0 aromatic heterocycles. The lowest BCUT2D eigenvalue weighted by atomic mass is 10.1. The van der Waals surface area contributed by atoms with Crippen LogP contribution in [0, 0.1) is 11.6 Å². The average molecular weight is 341 g/mol. The Balaban J connectivity index is 2.27. The average Bonchev–Trinajstić information content (AvgIpc) is 2.49. The van der Waals surface area contributed by atoms with E-state index in [-0.39, 0.29) is 5.56 Å². The molecule has 0 unspecified atom stereocenters. The van der Waals surface area contributed by atoms with Crippen molar-refractivity contribution in [3.8, 4) is 0 Å². The zero-order valence-electron chi connectivity index (χ0n) is 12.0. The molecular weight excluding hydrogens is 328 g/mol. The van der Waals surface area contributed by atoms with Gasteiger partial charge in [0.05, 0.1) is 17.0 Å². The van der Waals surface area contributed by atoms with Gasteiger partial charge < -0.3 is 5.11 Å². The maximum atomic E-state index is 13.7. The minimum Gasteiger partial charge on any atom is -0.478 e. The summed E-state index contributed by atoms with van der Waals surface area (Å²) < 4.78 is 52.2. The van der Waals surface area contributed by atoms with Gasteiger partial charge in [0.25, 0.3) is 0 Å². The summed E-state index contributed by atoms with van der Waals surface area (Å²) >= 11 is 0. The first kappa shape index (κ1) is 16.9. The Kier molecular flexibility index (Phi) is 4.65. The molecule has 0 spiro atoms. The number of hydrogen-bond donors (Lipinski definition) is 1. The first-order chi connectivity index (χ1) is 10.7. The first-order valence-corrected chi connectivity index (χ1v) is 8.05. The van der Waals surface area contributed by atoms with Crippen molar-refractivity contribution < 1.29 is 27.1 Å². The fraction of sp³-hybridized carbons (Fsp3) is 0.133. The number of carboxylic acids is 1. The third-order valence-corrected chi connectivity index (χ3v) is 4.94. The number of carbonyl (C=O) groups is 1. The molecule has 0 amide bonds. The monoisotopic (exact) mass is 341 g/mol. The summed E-state index contributed by atoms with van der Waals surface area (Å²) in [7, 11) is -2.84. The van der Waals surface area contributed by atoms with Crippen LogP contribution in [0.1, 0.15) is 15.9 Å². The van der Waals surface area contributed by atoms with Gasteiger partial charge in [-0.2, -0.15) is 0 Å². The van der Waals surface area contributed by atoms with Gasteiger partial charge in [0.15, 0.2) is 0 Å². The van der Waals surface area contributed by atoms with Crippen LogP contribution in [0.2, 0.25) is 0 Å². The lowest BCUT2D eigenvalue weighted by molar-refractivity contribution is 0.0697. The first-order valence-electron chi connectivity index (χ1n) is 6.44. The van der Waals surface area contributed by atoms with E-state index in [0.29, 0.717) is 9.87 Å². The fourth-order valence-electron chi connectivity index (χ4n) is 1.93. The molecule has 2 rings (SSSR count). The molecule has 122 valence electrons. The minimum absolute atomic E-state index is 0.0238. The fourth-order valence-corrected chi connectivity index (χ4v) is 3.17. The Morgan fingerprint density at radius 2 is 1.74 bits per heavy atom. The molecule has 0 aliphatic carbocycles. The summed E-state index contributed by atoms with van der Waals surface area (Å²) in [6, 6.07) is 7.79. The molecule has 2 aromatic carbocycles. The van der Waals surface area contributed by atoms with Crippen LogP contribution >= 0.6 is 0 Å². The number of benzene rings is 2. The zero-order chi connectivity index (χ0) is 17.2. The SMILES string of the molecule is CN(c1cc(F)ccc1F)S(=O)(=O)Cc1ccc(C(=O)O)cc1. The number of hydrogen-bond acceptors (Lipinski definition) is 3. The van der Waals surface area contributed by atoms with Crippen molar-refractivity contribution in [3.63, 3.8) is 0 Å². The van der Waals surface area contributed by atoms with E-state index in [2.05, 4.69) is 0 Å². The molecule has 0 heterocycles. The molecule has 0 aliphatic rings. The van der Waals surface area contributed by atoms with Crippen LogP contribution in [0.25, 0.3) is 0 Å². The highest BCUT2D eigenvalue weighted by Crippen LogP contribution is 2.23. The van der Waals surface area contributed by atoms with Crippen LogP contribution in [0.15, 0.2) is 42.5 Å². The third kappa shape index (κ3) is 3.84. The van der Waals surface area contributed by atoms with Crippen molar-refractivity contribution in [2.45, 2.75) is 5.75 Å². The maximum absolute atomic E-state index is 13.7. The van der Waals surface area contributed by atoms with Crippen molar-refractivity contribution in [1.82, 2.24) is 0 Å². The molecule has 0 fully saturated rings. The van der Waals surface area contributed by atoms with E-state index < -0.39 is 39.1 Å². The van der Waals surface area contributed by atoms with E-state index in [1.54, 1.807) is 0 Å². The van der Waals surface area contributed by atoms with Crippen LogP contribution in [-0.2, 0) is 15.8 Å². The highest BCUT2D eigenvalue weighted by Gasteiger charge is 2.22. The van der Waals surface area contributed by atoms with Crippen molar-refractivity contribution in [1.29, 1.82) is 0 Å². The lowest BCUT2D eigenvalue weighted by Crippen LogP contribution is -2.28. The van der Waals surface area contributed by atoms with Gasteiger partial charge in [0, 0.05) is 13.1 Å². The van der Waals surface area contributed by atoms with Crippen molar-refractivity contribution >= 4 is 21.7 Å². The molecule has 2 aromatic rings. The van der Waals surface area contributed by atoms with Gasteiger partial charge in [-0.05, 0) is 29.8 Å². The normalized spacial score (nSPS) is 11.3. The summed E-state index contributed by atoms with van der Waals surface area (Å²) in [5.74, 6) is -3.22. The molecule has 23 heavy (non-hydrogen) atoms. The largest absolute Gasteiger partial charge is 0.478 e. The molecule has 0 atom stereocenters. The number of halogens is 2. The van der Waals surface area contributed by atoms with Gasteiger partial charge in [0.1, 0.15) is 11.6 Å². The number of sulfonamides is 1. The molecule has 0 aliphatic heterocycles. The summed E-state index contributed by atoms with van der Waals surface area (Å²) in [6.45, 7) is 0.